The number of amides is 2. The molecule has 0 bridgehead atoms. The molecular weight excluding hydrogens is 439 g/mol. The summed E-state index contributed by atoms with van der Waals surface area (Å²) in [5.74, 6) is -0.316. The van der Waals surface area contributed by atoms with E-state index in [1.165, 1.54) is 12.1 Å². The lowest BCUT2D eigenvalue weighted by Crippen LogP contribution is -2.46. The molecule has 4 rings (SSSR count). The van der Waals surface area contributed by atoms with Crippen LogP contribution >= 0.6 is 0 Å². The maximum Gasteiger partial charge on any atom is 0.410 e. The molecule has 8 heteroatoms. The first-order valence-electron chi connectivity index (χ1n) is 11.5. The van der Waals surface area contributed by atoms with E-state index in [2.05, 4.69) is 0 Å². The molecule has 2 amide bonds. The molecular formula is C26H31FN2O5. The maximum absolute atomic E-state index is 13.3. The van der Waals surface area contributed by atoms with Crippen molar-refractivity contribution in [3.05, 3.63) is 71.5 Å². The van der Waals surface area contributed by atoms with E-state index in [1.807, 2.05) is 51.1 Å². The number of rotatable bonds is 5. The van der Waals surface area contributed by atoms with Crippen molar-refractivity contribution in [2.24, 2.45) is 0 Å². The van der Waals surface area contributed by atoms with Crippen LogP contribution in [0.4, 0.5) is 14.0 Å². The number of halogens is 1. The molecule has 0 aliphatic carbocycles. The van der Waals surface area contributed by atoms with Crippen molar-refractivity contribution in [1.82, 2.24) is 9.80 Å². The van der Waals surface area contributed by atoms with E-state index in [4.69, 9.17) is 14.2 Å². The Kier molecular flexibility index (Phi) is 7.07. The van der Waals surface area contributed by atoms with Crippen molar-refractivity contribution in [3.63, 3.8) is 0 Å². The highest BCUT2D eigenvalue weighted by Gasteiger charge is 2.53. The van der Waals surface area contributed by atoms with E-state index >= 15 is 0 Å². The first-order chi connectivity index (χ1) is 16.2. The monoisotopic (exact) mass is 470 g/mol. The van der Waals surface area contributed by atoms with Crippen LogP contribution in [0.2, 0.25) is 0 Å². The molecule has 3 atom stereocenters. The number of nitrogens with zero attached hydrogens (tertiary/aromatic N) is 2. The van der Waals surface area contributed by atoms with Crippen molar-refractivity contribution >= 4 is 12.2 Å². The predicted molar refractivity (Wildman–Crippen MR) is 123 cm³/mol. The van der Waals surface area contributed by atoms with Crippen LogP contribution in [0, 0.1) is 5.82 Å². The van der Waals surface area contributed by atoms with Gasteiger partial charge < -0.3 is 24.0 Å². The van der Waals surface area contributed by atoms with Gasteiger partial charge in [0.15, 0.2) is 0 Å². The van der Waals surface area contributed by atoms with E-state index in [-0.39, 0.29) is 31.1 Å². The largest absolute Gasteiger partial charge is 0.445 e. The van der Waals surface area contributed by atoms with E-state index < -0.39 is 23.9 Å². The Hall–Kier alpha value is -3.13. The summed E-state index contributed by atoms with van der Waals surface area (Å²) in [6, 6.07) is 15.0. The molecule has 0 saturated carbocycles. The smallest absolute Gasteiger partial charge is 0.410 e. The zero-order valence-corrected chi connectivity index (χ0v) is 19.8. The normalized spacial score (nSPS) is 21.9. The number of benzene rings is 2. The second kappa shape index (κ2) is 10.0. The number of likely N-dealkylation sites (tertiary alicyclic amines) is 2. The van der Waals surface area contributed by atoms with Crippen molar-refractivity contribution in [2.75, 3.05) is 13.1 Å². The Bertz CT molecular complexity index is 993. The Morgan fingerprint density at radius 2 is 1.62 bits per heavy atom. The van der Waals surface area contributed by atoms with E-state index in [1.54, 1.807) is 21.9 Å². The van der Waals surface area contributed by atoms with Gasteiger partial charge in [-0.25, -0.2) is 14.0 Å². The zero-order chi connectivity index (χ0) is 24.3. The van der Waals surface area contributed by atoms with E-state index in [0.29, 0.717) is 19.5 Å². The predicted octanol–water partition coefficient (Wildman–Crippen LogP) is 4.74. The van der Waals surface area contributed by atoms with Crippen molar-refractivity contribution in [3.8, 4) is 0 Å². The van der Waals surface area contributed by atoms with Crippen LogP contribution in [0.25, 0.3) is 0 Å². The van der Waals surface area contributed by atoms with Gasteiger partial charge in [-0.15, -0.1) is 0 Å². The molecule has 2 aromatic carbocycles. The molecule has 2 aliphatic heterocycles. The molecule has 2 fully saturated rings. The first-order valence-corrected chi connectivity index (χ1v) is 11.5. The third kappa shape index (κ3) is 5.67. The van der Waals surface area contributed by atoms with Crippen LogP contribution in [-0.4, -0.2) is 58.9 Å². The van der Waals surface area contributed by atoms with Crippen LogP contribution in [0.3, 0.4) is 0 Å². The van der Waals surface area contributed by atoms with Gasteiger partial charge in [-0.1, -0.05) is 42.5 Å². The summed E-state index contributed by atoms with van der Waals surface area (Å²) < 4.78 is 30.6. The summed E-state index contributed by atoms with van der Waals surface area (Å²) in [7, 11) is 0. The number of fused-ring (bicyclic) bond motifs is 1. The zero-order valence-electron chi connectivity index (χ0n) is 19.8. The quantitative estimate of drug-likeness (QED) is 0.631. The van der Waals surface area contributed by atoms with Gasteiger partial charge in [-0.3, -0.25) is 0 Å². The van der Waals surface area contributed by atoms with Gasteiger partial charge in [0.2, 0.25) is 0 Å². The van der Waals surface area contributed by atoms with Gasteiger partial charge in [-0.05, 0) is 50.5 Å². The molecule has 0 N–H and O–H groups in total. The standard InChI is InChI=1S/C26H31FN2O5/c1-26(2,3)34-25(31)29-15-22(32-16-19-9-11-20(27)12-10-19)23-21(29)13-14-28(23)24(30)33-17-18-7-5-4-6-8-18/h4-12,21-23H,13-17H2,1-3H3/t21-,22+,23?/m1/s1. The van der Waals surface area contributed by atoms with Gasteiger partial charge in [0.25, 0.3) is 0 Å². The topological polar surface area (TPSA) is 68.3 Å². The number of carbonyl (C=O) groups excluding carboxylic acids is 2. The summed E-state index contributed by atoms with van der Waals surface area (Å²) >= 11 is 0. The molecule has 7 nitrogen and oxygen atoms in total. The molecule has 2 aromatic rings. The lowest BCUT2D eigenvalue weighted by molar-refractivity contribution is -0.000317. The Labute approximate surface area is 199 Å². The van der Waals surface area contributed by atoms with E-state index in [9.17, 15) is 14.0 Å². The van der Waals surface area contributed by atoms with Crippen LogP contribution < -0.4 is 0 Å². The first kappa shape index (κ1) is 24.0. The molecule has 2 aliphatic rings. The fourth-order valence-corrected chi connectivity index (χ4v) is 4.51. The Balaban J connectivity index is 1.47. The van der Waals surface area contributed by atoms with Crippen LogP contribution in [0.5, 0.6) is 0 Å². The third-order valence-electron chi connectivity index (χ3n) is 6.02. The van der Waals surface area contributed by atoms with Gasteiger partial charge >= 0.3 is 12.2 Å². The number of hydrogen-bond donors (Lipinski definition) is 0. The van der Waals surface area contributed by atoms with Crippen molar-refractivity contribution < 1.29 is 28.2 Å². The van der Waals surface area contributed by atoms with Gasteiger partial charge in [0.05, 0.1) is 31.3 Å². The van der Waals surface area contributed by atoms with E-state index in [0.717, 1.165) is 11.1 Å². The third-order valence-corrected chi connectivity index (χ3v) is 6.02. The number of carbonyl (C=O) groups is 2. The molecule has 2 saturated heterocycles. The highest BCUT2D eigenvalue weighted by molar-refractivity contribution is 5.72. The highest BCUT2D eigenvalue weighted by atomic mass is 19.1. The van der Waals surface area contributed by atoms with Gasteiger partial charge in [0.1, 0.15) is 18.0 Å². The second-order valence-corrected chi connectivity index (χ2v) is 9.69. The SMILES string of the molecule is CC(C)(C)OC(=O)N1C[C@H](OCc2ccc(F)cc2)C2[C@H]1CCN2C(=O)OCc1ccccc1. The maximum atomic E-state index is 13.3. The summed E-state index contributed by atoms with van der Waals surface area (Å²) in [5.41, 5.74) is 1.08. The van der Waals surface area contributed by atoms with Crippen molar-refractivity contribution in [2.45, 2.75) is 64.2 Å². The highest BCUT2D eigenvalue weighted by Crippen LogP contribution is 2.35. The minimum atomic E-state index is -0.632. The van der Waals surface area contributed by atoms with Crippen molar-refractivity contribution in [1.29, 1.82) is 0 Å². The summed E-state index contributed by atoms with van der Waals surface area (Å²) in [5, 5.41) is 0. The minimum absolute atomic E-state index is 0.171. The van der Waals surface area contributed by atoms with Gasteiger partial charge in [-0.2, -0.15) is 0 Å². The Morgan fingerprint density at radius 3 is 2.29 bits per heavy atom. The molecule has 0 radical (unpaired) electrons. The Morgan fingerprint density at radius 1 is 0.941 bits per heavy atom. The molecule has 2 heterocycles. The van der Waals surface area contributed by atoms with Crippen LogP contribution in [-0.2, 0) is 27.4 Å². The average Bonchev–Trinajstić information content (AvgIpc) is 3.38. The van der Waals surface area contributed by atoms with Crippen LogP contribution in [0.1, 0.15) is 38.3 Å². The lowest BCUT2D eigenvalue weighted by atomic mass is 10.1. The second-order valence-electron chi connectivity index (χ2n) is 9.69. The fourth-order valence-electron chi connectivity index (χ4n) is 4.51. The number of hydrogen-bond acceptors (Lipinski definition) is 5. The van der Waals surface area contributed by atoms with Crippen LogP contribution in [0.15, 0.2) is 54.6 Å². The summed E-state index contributed by atoms with van der Waals surface area (Å²) in [6.07, 6.45) is -0.664. The molecule has 34 heavy (non-hydrogen) atoms. The molecule has 182 valence electrons. The summed E-state index contributed by atoms with van der Waals surface area (Å²) in [4.78, 5) is 29.2. The fraction of sp³-hybridized carbons (Fsp3) is 0.462. The molecule has 0 aromatic heterocycles. The minimum Gasteiger partial charge on any atom is -0.445 e. The average molecular weight is 471 g/mol. The summed E-state index contributed by atoms with van der Waals surface area (Å²) in [6.45, 7) is 6.63. The lowest BCUT2D eigenvalue weighted by Gasteiger charge is -2.28. The van der Waals surface area contributed by atoms with Gasteiger partial charge in [0, 0.05) is 6.54 Å². The molecule has 1 unspecified atom stereocenters. The number of ether oxygens (including phenoxy) is 3. The molecule has 0 spiro atoms.